The van der Waals surface area contributed by atoms with Gasteiger partial charge in [0.05, 0.1) is 0 Å². The third-order valence-electron chi connectivity index (χ3n) is 3.47. The van der Waals surface area contributed by atoms with Crippen LogP contribution in [0.25, 0.3) is 5.78 Å². The number of fused-ring (bicyclic) bond motifs is 1. The lowest BCUT2D eigenvalue weighted by molar-refractivity contribution is 0.636. The van der Waals surface area contributed by atoms with Gasteiger partial charge in [-0.2, -0.15) is 14.6 Å². The van der Waals surface area contributed by atoms with Crippen LogP contribution in [0, 0.1) is 6.92 Å². The first kappa shape index (κ1) is 11.7. The van der Waals surface area contributed by atoms with Gasteiger partial charge in [-0.05, 0) is 26.2 Å². The molecule has 5 nitrogen and oxygen atoms in total. The molecule has 0 saturated carbocycles. The van der Waals surface area contributed by atoms with Crippen molar-refractivity contribution >= 4 is 23.2 Å². The molecule has 0 N–H and O–H groups in total. The summed E-state index contributed by atoms with van der Waals surface area (Å²) in [7, 11) is 0. The van der Waals surface area contributed by atoms with Gasteiger partial charge < -0.3 is 4.90 Å². The second-order valence-electron chi connectivity index (χ2n) is 4.69. The number of hydrogen-bond donors (Lipinski definition) is 0. The van der Waals surface area contributed by atoms with E-state index in [1.165, 1.54) is 12.8 Å². The SMILES string of the molecule is Cc1cc(N2CCCC2CCCl)n2ncnc2n1. The molecule has 1 unspecified atom stereocenters. The zero-order valence-corrected chi connectivity index (χ0v) is 11.1. The number of aromatic nitrogens is 4. The van der Waals surface area contributed by atoms with Crippen molar-refractivity contribution in [2.75, 3.05) is 17.3 Å². The third-order valence-corrected chi connectivity index (χ3v) is 3.69. The molecule has 3 rings (SSSR count). The number of nitrogens with zero attached hydrogens (tertiary/aromatic N) is 5. The van der Waals surface area contributed by atoms with Crippen LogP contribution in [0.3, 0.4) is 0 Å². The van der Waals surface area contributed by atoms with Gasteiger partial charge in [0.25, 0.3) is 5.78 Å². The van der Waals surface area contributed by atoms with Gasteiger partial charge in [0.1, 0.15) is 12.1 Å². The number of rotatable bonds is 3. The molecule has 0 spiro atoms. The quantitative estimate of drug-likeness (QED) is 0.797. The summed E-state index contributed by atoms with van der Waals surface area (Å²) in [5, 5.41) is 4.27. The zero-order chi connectivity index (χ0) is 12.5. The molecule has 1 aliphatic rings. The Bertz CT molecular complexity index is 552. The van der Waals surface area contributed by atoms with Crippen molar-refractivity contribution in [2.45, 2.75) is 32.2 Å². The first-order valence-electron chi connectivity index (χ1n) is 6.29. The molecule has 96 valence electrons. The lowest BCUT2D eigenvalue weighted by Crippen LogP contribution is -2.31. The van der Waals surface area contributed by atoms with Crippen molar-refractivity contribution in [1.29, 1.82) is 0 Å². The van der Waals surface area contributed by atoms with Gasteiger partial charge in [-0.25, -0.2) is 4.98 Å². The van der Waals surface area contributed by atoms with E-state index in [-0.39, 0.29) is 0 Å². The fourth-order valence-electron chi connectivity index (χ4n) is 2.68. The molecule has 2 aromatic rings. The van der Waals surface area contributed by atoms with Crippen molar-refractivity contribution in [3.05, 3.63) is 18.1 Å². The Balaban J connectivity index is 2.04. The van der Waals surface area contributed by atoms with Crippen LogP contribution in [0.15, 0.2) is 12.4 Å². The average Bonchev–Trinajstić information content (AvgIpc) is 2.96. The number of halogens is 1. The highest BCUT2D eigenvalue weighted by Crippen LogP contribution is 2.27. The highest BCUT2D eigenvalue weighted by atomic mass is 35.5. The molecule has 18 heavy (non-hydrogen) atoms. The van der Waals surface area contributed by atoms with E-state index in [1.54, 1.807) is 6.33 Å². The van der Waals surface area contributed by atoms with E-state index < -0.39 is 0 Å². The van der Waals surface area contributed by atoms with Crippen LogP contribution in [0.4, 0.5) is 5.82 Å². The molecule has 0 bridgehead atoms. The second-order valence-corrected chi connectivity index (χ2v) is 5.07. The van der Waals surface area contributed by atoms with E-state index in [9.17, 15) is 0 Å². The van der Waals surface area contributed by atoms with Crippen LogP contribution >= 0.6 is 11.6 Å². The first-order valence-corrected chi connectivity index (χ1v) is 6.83. The van der Waals surface area contributed by atoms with E-state index in [4.69, 9.17) is 11.6 Å². The van der Waals surface area contributed by atoms with E-state index in [0.717, 1.165) is 24.5 Å². The summed E-state index contributed by atoms with van der Waals surface area (Å²) in [4.78, 5) is 10.9. The smallest absolute Gasteiger partial charge is 0.254 e. The molecule has 0 aliphatic carbocycles. The van der Waals surface area contributed by atoms with Gasteiger partial charge in [0, 0.05) is 30.2 Å². The molecule has 1 atom stereocenters. The largest absolute Gasteiger partial charge is 0.353 e. The summed E-state index contributed by atoms with van der Waals surface area (Å²) in [5.74, 6) is 2.45. The Morgan fingerprint density at radius 1 is 1.50 bits per heavy atom. The van der Waals surface area contributed by atoms with Crippen molar-refractivity contribution < 1.29 is 0 Å². The Morgan fingerprint density at radius 2 is 2.39 bits per heavy atom. The fourth-order valence-corrected chi connectivity index (χ4v) is 2.93. The highest BCUT2D eigenvalue weighted by molar-refractivity contribution is 6.17. The Hall–Kier alpha value is -1.36. The van der Waals surface area contributed by atoms with Gasteiger partial charge in [0.2, 0.25) is 0 Å². The molecule has 6 heteroatoms. The Morgan fingerprint density at radius 3 is 3.22 bits per heavy atom. The summed E-state index contributed by atoms with van der Waals surface area (Å²) in [5.41, 5.74) is 0.974. The molecule has 1 fully saturated rings. The van der Waals surface area contributed by atoms with Gasteiger partial charge in [0.15, 0.2) is 0 Å². The van der Waals surface area contributed by atoms with Crippen molar-refractivity contribution in [1.82, 2.24) is 19.6 Å². The van der Waals surface area contributed by atoms with Gasteiger partial charge in [-0.1, -0.05) is 0 Å². The Kier molecular flexibility index (Phi) is 3.07. The van der Waals surface area contributed by atoms with Crippen LogP contribution < -0.4 is 4.90 Å². The lowest BCUT2D eigenvalue weighted by atomic mass is 10.2. The maximum atomic E-state index is 5.89. The van der Waals surface area contributed by atoms with Crippen LogP contribution in [0.1, 0.15) is 25.0 Å². The minimum atomic E-state index is 0.511. The van der Waals surface area contributed by atoms with Crippen LogP contribution in [0.2, 0.25) is 0 Å². The van der Waals surface area contributed by atoms with Gasteiger partial charge in [-0.3, -0.25) is 0 Å². The molecular formula is C12H16ClN5. The standard InChI is InChI=1S/C12H16ClN5/c1-9-7-11(18-12(16-9)14-8-15-18)17-6-2-3-10(17)4-5-13/h7-8,10H,2-6H2,1H3. The first-order chi connectivity index (χ1) is 8.79. The normalized spacial score (nSPS) is 19.9. The summed E-state index contributed by atoms with van der Waals surface area (Å²) < 4.78 is 1.82. The molecule has 1 aliphatic heterocycles. The molecule has 3 heterocycles. The molecule has 0 amide bonds. The monoisotopic (exact) mass is 265 g/mol. The molecule has 2 aromatic heterocycles. The number of aryl methyl sites for hydroxylation is 1. The predicted molar refractivity (Wildman–Crippen MR) is 71.2 cm³/mol. The van der Waals surface area contributed by atoms with Crippen LogP contribution in [-0.4, -0.2) is 38.0 Å². The fraction of sp³-hybridized carbons (Fsp3) is 0.583. The third kappa shape index (κ3) is 1.92. The number of anilines is 1. The van der Waals surface area contributed by atoms with E-state index >= 15 is 0 Å². The number of hydrogen-bond acceptors (Lipinski definition) is 4. The Labute approximate surface area is 111 Å². The maximum Gasteiger partial charge on any atom is 0.254 e. The molecule has 0 aromatic carbocycles. The summed E-state index contributed by atoms with van der Waals surface area (Å²) in [6.07, 6.45) is 4.97. The summed E-state index contributed by atoms with van der Waals surface area (Å²) >= 11 is 5.89. The van der Waals surface area contributed by atoms with E-state index in [1.807, 2.05) is 11.4 Å². The van der Waals surface area contributed by atoms with Crippen LogP contribution in [-0.2, 0) is 0 Å². The van der Waals surface area contributed by atoms with Gasteiger partial charge in [-0.15, -0.1) is 11.6 Å². The summed E-state index contributed by atoms with van der Waals surface area (Å²) in [6.45, 7) is 3.05. The lowest BCUT2D eigenvalue weighted by Gasteiger charge is -2.26. The molecule has 1 saturated heterocycles. The second kappa shape index (κ2) is 4.72. The van der Waals surface area contributed by atoms with Crippen molar-refractivity contribution in [3.63, 3.8) is 0 Å². The predicted octanol–water partition coefficient (Wildman–Crippen LogP) is 2.03. The van der Waals surface area contributed by atoms with E-state index in [0.29, 0.717) is 17.7 Å². The topological polar surface area (TPSA) is 46.3 Å². The minimum absolute atomic E-state index is 0.511. The maximum absolute atomic E-state index is 5.89. The minimum Gasteiger partial charge on any atom is -0.353 e. The van der Waals surface area contributed by atoms with Crippen LogP contribution in [0.5, 0.6) is 0 Å². The van der Waals surface area contributed by atoms with E-state index in [2.05, 4.69) is 26.0 Å². The zero-order valence-electron chi connectivity index (χ0n) is 10.4. The average molecular weight is 266 g/mol. The van der Waals surface area contributed by atoms with Crippen molar-refractivity contribution in [3.8, 4) is 0 Å². The molecule has 0 radical (unpaired) electrons. The van der Waals surface area contributed by atoms with Gasteiger partial charge >= 0.3 is 0 Å². The van der Waals surface area contributed by atoms with Crippen molar-refractivity contribution in [2.24, 2.45) is 0 Å². The summed E-state index contributed by atoms with van der Waals surface area (Å²) in [6, 6.07) is 2.59. The number of alkyl halides is 1. The molecular weight excluding hydrogens is 250 g/mol. The highest BCUT2D eigenvalue weighted by Gasteiger charge is 2.26.